The van der Waals surface area contributed by atoms with Crippen molar-refractivity contribution in [1.29, 1.82) is 0 Å². The van der Waals surface area contributed by atoms with E-state index in [1.165, 1.54) is 19.4 Å². The molecule has 5 heteroatoms. The van der Waals surface area contributed by atoms with Crippen molar-refractivity contribution >= 4 is 5.82 Å². The standard InChI is InChI=1S/C13H23N5/c1-3-18-8-4-5-12(18)10-17(2)13-11(9-14)6-7-15-16-13/h6-7,12H,3-5,8-10,14H2,1-2H3. The van der Waals surface area contributed by atoms with Crippen LogP contribution in [0.25, 0.3) is 0 Å². The fourth-order valence-electron chi connectivity index (χ4n) is 2.75. The van der Waals surface area contributed by atoms with Crippen molar-refractivity contribution in [2.24, 2.45) is 5.73 Å². The molecular weight excluding hydrogens is 226 g/mol. The number of likely N-dealkylation sites (N-methyl/N-ethyl adjacent to an activating group) is 2. The molecule has 0 spiro atoms. The summed E-state index contributed by atoms with van der Waals surface area (Å²) < 4.78 is 0. The van der Waals surface area contributed by atoms with Gasteiger partial charge in [0.25, 0.3) is 0 Å². The van der Waals surface area contributed by atoms with Gasteiger partial charge in [-0.1, -0.05) is 6.92 Å². The molecule has 0 saturated carbocycles. The Labute approximate surface area is 109 Å². The number of anilines is 1. The van der Waals surface area contributed by atoms with E-state index < -0.39 is 0 Å². The number of nitrogens with zero attached hydrogens (tertiary/aromatic N) is 4. The third-order valence-corrected chi connectivity index (χ3v) is 3.75. The van der Waals surface area contributed by atoms with Crippen LogP contribution in [-0.2, 0) is 6.54 Å². The molecule has 1 aromatic heterocycles. The van der Waals surface area contributed by atoms with Gasteiger partial charge < -0.3 is 10.6 Å². The average molecular weight is 249 g/mol. The Morgan fingerprint density at radius 1 is 1.56 bits per heavy atom. The topological polar surface area (TPSA) is 58.3 Å². The van der Waals surface area contributed by atoms with Crippen LogP contribution in [0.1, 0.15) is 25.3 Å². The van der Waals surface area contributed by atoms with E-state index in [9.17, 15) is 0 Å². The first-order chi connectivity index (χ1) is 8.76. The highest BCUT2D eigenvalue weighted by Crippen LogP contribution is 2.20. The number of likely N-dealkylation sites (tertiary alicyclic amines) is 1. The number of hydrogen-bond donors (Lipinski definition) is 1. The Morgan fingerprint density at radius 3 is 3.11 bits per heavy atom. The van der Waals surface area contributed by atoms with Crippen molar-refractivity contribution in [2.75, 3.05) is 31.6 Å². The second-order valence-corrected chi connectivity index (χ2v) is 4.89. The molecule has 1 fully saturated rings. The summed E-state index contributed by atoms with van der Waals surface area (Å²) in [7, 11) is 2.08. The van der Waals surface area contributed by atoms with Crippen LogP contribution in [0.15, 0.2) is 12.3 Å². The van der Waals surface area contributed by atoms with Gasteiger partial charge in [0.05, 0.1) is 6.20 Å². The molecule has 1 aromatic rings. The SMILES string of the molecule is CCN1CCCC1CN(C)c1nnccc1CN. The van der Waals surface area contributed by atoms with Gasteiger partial charge in [0.2, 0.25) is 0 Å². The van der Waals surface area contributed by atoms with Gasteiger partial charge in [-0.15, -0.1) is 5.10 Å². The fraction of sp³-hybridized carbons (Fsp3) is 0.692. The van der Waals surface area contributed by atoms with E-state index in [1.807, 2.05) is 6.07 Å². The van der Waals surface area contributed by atoms with Crippen molar-refractivity contribution in [3.8, 4) is 0 Å². The molecule has 100 valence electrons. The van der Waals surface area contributed by atoms with Crippen molar-refractivity contribution in [1.82, 2.24) is 15.1 Å². The van der Waals surface area contributed by atoms with E-state index in [-0.39, 0.29) is 0 Å². The van der Waals surface area contributed by atoms with Crippen LogP contribution in [0.3, 0.4) is 0 Å². The Bertz CT molecular complexity index is 381. The predicted molar refractivity (Wildman–Crippen MR) is 73.5 cm³/mol. The molecule has 1 aliphatic rings. The molecule has 1 atom stereocenters. The van der Waals surface area contributed by atoms with Gasteiger partial charge in [0.15, 0.2) is 5.82 Å². The van der Waals surface area contributed by atoms with Crippen LogP contribution in [0.5, 0.6) is 0 Å². The van der Waals surface area contributed by atoms with E-state index >= 15 is 0 Å². The van der Waals surface area contributed by atoms with Gasteiger partial charge >= 0.3 is 0 Å². The molecule has 18 heavy (non-hydrogen) atoms. The van der Waals surface area contributed by atoms with Gasteiger partial charge in [-0.05, 0) is 32.0 Å². The molecule has 0 radical (unpaired) electrons. The Kier molecular flexibility index (Phi) is 4.49. The second-order valence-electron chi connectivity index (χ2n) is 4.89. The zero-order valence-corrected chi connectivity index (χ0v) is 11.3. The molecule has 1 aliphatic heterocycles. The van der Waals surface area contributed by atoms with Gasteiger partial charge in [0.1, 0.15) is 0 Å². The zero-order chi connectivity index (χ0) is 13.0. The smallest absolute Gasteiger partial charge is 0.155 e. The van der Waals surface area contributed by atoms with Gasteiger partial charge in [-0.25, -0.2) is 0 Å². The number of hydrogen-bond acceptors (Lipinski definition) is 5. The molecule has 5 nitrogen and oxygen atoms in total. The highest BCUT2D eigenvalue weighted by molar-refractivity contribution is 5.44. The molecular formula is C13H23N5. The summed E-state index contributed by atoms with van der Waals surface area (Å²) in [4.78, 5) is 4.73. The minimum Gasteiger partial charge on any atom is -0.356 e. The van der Waals surface area contributed by atoms with E-state index in [0.717, 1.165) is 24.5 Å². The zero-order valence-electron chi connectivity index (χ0n) is 11.3. The van der Waals surface area contributed by atoms with Crippen LogP contribution in [0.2, 0.25) is 0 Å². The third-order valence-electron chi connectivity index (χ3n) is 3.75. The first-order valence-electron chi connectivity index (χ1n) is 6.72. The quantitative estimate of drug-likeness (QED) is 0.838. The van der Waals surface area contributed by atoms with Crippen molar-refractivity contribution in [3.05, 3.63) is 17.8 Å². The van der Waals surface area contributed by atoms with E-state index in [2.05, 4.69) is 34.0 Å². The van der Waals surface area contributed by atoms with Crippen LogP contribution in [-0.4, -0.2) is 47.8 Å². The lowest BCUT2D eigenvalue weighted by molar-refractivity contribution is 0.270. The Morgan fingerprint density at radius 2 is 2.39 bits per heavy atom. The lowest BCUT2D eigenvalue weighted by Gasteiger charge is -2.28. The van der Waals surface area contributed by atoms with Crippen LogP contribution in [0, 0.1) is 0 Å². The van der Waals surface area contributed by atoms with E-state index in [4.69, 9.17) is 5.73 Å². The summed E-state index contributed by atoms with van der Waals surface area (Å²) in [6, 6.07) is 2.58. The Balaban J connectivity index is 2.05. The van der Waals surface area contributed by atoms with Gasteiger partial charge in [-0.2, -0.15) is 5.10 Å². The first kappa shape index (κ1) is 13.2. The normalized spacial score (nSPS) is 20.3. The lowest BCUT2D eigenvalue weighted by atomic mass is 10.2. The summed E-state index contributed by atoms with van der Waals surface area (Å²) in [5.41, 5.74) is 6.81. The minimum absolute atomic E-state index is 0.511. The molecule has 1 saturated heterocycles. The maximum Gasteiger partial charge on any atom is 0.155 e. The fourth-order valence-corrected chi connectivity index (χ4v) is 2.75. The summed E-state index contributed by atoms with van der Waals surface area (Å²) in [6.45, 7) is 6.09. The van der Waals surface area contributed by atoms with Crippen LogP contribution in [0.4, 0.5) is 5.82 Å². The van der Waals surface area contributed by atoms with E-state index in [0.29, 0.717) is 12.6 Å². The lowest BCUT2D eigenvalue weighted by Crippen LogP contribution is -2.39. The summed E-state index contributed by atoms with van der Waals surface area (Å²) in [6.07, 6.45) is 4.28. The molecule has 0 amide bonds. The average Bonchev–Trinajstić information content (AvgIpc) is 2.85. The van der Waals surface area contributed by atoms with Crippen molar-refractivity contribution in [3.63, 3.8) is 0 Å². The Hall–Kier alpha value is -1.20. The van der Waals surface area contributed by atoms with E-state index in [1.54, 1.807) is 6.20 Å². The monoisotopic (exact) mass is 249 g/mol. The predicted octanol–water partition coefficient (Wildman–Crippen LogP) is 0.856. The second kappa shape index (κ2) is 6.11. The number of aromatic nitrogens is 2. The number of nitrogens with two attached hydrogens (primary N) is 1. The first-order valence-corrected chi connectivity index (χ1v) is 6.72. The van der Waals surface area contributed by atoms with Crippen LogP contribution >= 0.6 is 0 Å². The van der Waals surface area contributed by atoms with Crippen molar-refractivity contribution in [2.45, 2.75) is 32.4 Å². The summed E-state index contributed by atoms with van der Waals surface area (Å²) >= 11 is 0. The van der Waals surface area contributed by atoms with Crippen molar-refractivity contribution < 1.29 is 0 Å². The molecule has 0 aliphatic carbocycles. The largest absolute Gasteiger partial charge is 0.356 e. The maximum absolute atomic E-state index is 5.75. The minimum atomic E-state index is 0.511. The third kappa shape index (κ3) is 2.79. The molecule has 2 heterocycles. The highest BCUT2D eigenvalue weighted by atomic mass is 15.3. The summed E-state index contributed by atoms with van der Waals surface area (Å²) in [5, 5.41) is 8.19. The van der Waals surface area contributed by atoms with Gasteiger partial charge in [-0.3, -0.25) is 4.90 Å². The highest BCUT2D eigenvalue weighted by Gasteiger charge is 2.24. The van der Waals surface area contributed by atoms with Crippen LogP contribution < -0.4 is 10.6 Å². The number of rotatable bonds is 5. The molecule has 1 unspecified atom stereocenters. The molecule has 2 rings (SSSR count). The maximum atomic E-state index is 5.75. The molecule has 0 aromatic carbocycles. The molecule has 0 bridgehead atoms. The van der Waals surface area contributed by atoms with Gasteiger partial charge in [0, 0.05) is 31.7 Å². The molecule has 2 N–H and O–H groups in total. The summed E-state index contributed by atoms with van der Waals surface area (Å²) in [5.74, 6) is 0.919.